The van der Waals surface area contributed by atoms with Gasteiger partial charge >= 0.3 is 0 Å². The van der Waals surface area contributed by atoms with E-state index in [1.807, 2.05) is 0 Å². The first-order chi connectivity index (χ1) is 9.33. The van der Waals surface area contributed by atoms with Crippen LogP contribution in [-0.4, -0.2) is 35.8 Å². The van der Waals surface area contributed by atoms with Crippen molar-refractivity contribution < 1.29 is 4.74 Å². The van der Waals surface area contributed by atoms with Crippen LogP contribution in [-0.2, 0) is 4.74 Å². The molecule has 0 amide bonds. The van der Waals surface area contributed by atoms with Gasteiger partial charge in [-0.15, -0.1) is 0 Å². The molecule has 0 aromatic rings. The van der Waals surface area contributed by atoms with Gasteiger partial charge in [0.05, 0.1) is 5.60 Å². The Hall–Kier alpha value is 0.270. The van der Waals surface area contributed by atoms with Crippen molar-refractivity contribution in [2.24, 2.45) is 11.8 Å². The molecule has 4 rings (SSSR count). The molecule has 2 nitrogen and oxygen atoms in total. The molecule has 3 heteroatoms. The summed E-state index contributed by atoms with van der Waals surface area (Å²) in [5.74, 6) is 4.51. The van der Waals surface area contributed by atoms with Crippen molar-refractivity contribution in [1.29, 1.82) is 0 Å². The molecule has 3 aliphatic heterocycles. The minimum Gasteiger partial charge on any atom is -0.375 e. The Morgan fingerprint density at radius 3 is 2.53 bits per heavy atom. The summed E-state index contributed by atoms with van der Waals surface area (Å²) in [7, 11) is 0. The van der Waals surface area contributed by atoms with E-state index in [0.717, 1.165) is 18.4 Å². The van der Waals surface area contributed by atoms with Crippen molar-refractivity contribution in [2.45, 2.75) is 62.5 Å². The Balaban J connectivity index is 1.53. The number of rotatable bonds is 2. The third kappa shape index (κ3) is 2.26. The molecule has 0 aromatic carbocycles. The SMILES string of the molecule is C1CNC(C2CC2)(C2CCOC3(CCSCC3)C2)C1. The van der Waals surface area contributed by atoms with Gasteiger partial charge in [-0.2, -0.15) is 11.8 Å². The lowest BCUT2D eigenvalue weighted by Crippen LogP contribution is -2.55. The molecule has 2 atom stereocenters. The molecule has 4 fully saturated rings. The molecule has 2 unspecified atom stereocenters. The van der Waals surface area contributed by atoms with E-state index in [0.29, 0.717) is 5.54 Å². The molecule has 1 N–H and O–H groups in total. The topological polar surface area (TPSA) is 21.3 Å². The molecule has 108 valence electrons. The summed E-state index contributed by atoms with van der Waals surface area (Å²) in [6, 6.07) is 0. The van der Waals surface area contributed by atoms with E-state index in [1.54, 1.807) is 0 Å². The van der Waals surface area contributed by atoms with Crippen LogP contribution < -0.4 is 5.32 Å². The maximum Gasteiger partial charge on any atom is 0.0701 e. The maximum atomic E-state index is 6.30. The molecule has 19 heavy (non-hydrogen) atoms. The van der Waals surface area contributed by atoms with Crippen molar-refractivity contribution in [1.82, 2.24) is 5.32 Å². The predicted octanol–water partition coefficient (Wildman–Crippen LogP) is 3.21. The lowest BCUT2D eigenvalue weighted by atomic mass is 9.69. The van der Waals surface area contributed by atoms with E-state index in [-0.39, 0.29) is 5.60 Å². The van der Waals surface area contributed by atoms with E-state index >= 15 is 0 Å². The van der Waals surface area contributed by atoms with E-state index in [9.17, 15) is 0 Å². The highest BCUT2D eigenvalue weighted by atomic mass is 32.2. The fraction of sp³-hybridized carbons (Fsp3) is 1.00. The monoisotopic (exact) mass is 281 g/mol. The van der Waals surface area contributed by atoms with Gasteiger partial charge in [-0.25, -0.2) is 0 Å². The second kappa shape index (κ2) is 4.92. The summed E-state index contributed by atoms with van der Waals surface area (Å²) in [5.41, 5.74) is 0.779. The Kier molecular flexibility index (Phi) is 3.36. The number of ether oxygens (including phenoxy) is 1. The van der Waals surface area contributed by atoms with Crippen LogP contribution in [0.5, 0.6) is 0 Å². The molecular formula is C16H27NOS. The summed E-state index contributed by atoms with van der Waals surface area (Å²) in [4.78, 5) is 0. The van der Waals surface area contributed by atoms with Gasteiger partial charge in [-0.1, -0.05) is 0 Å². The van der Waals surface area contributed by atoms with Gasteiger partial charge < -0.3 is 10.1 Å². The van der Waals surface area contributed by atoms with Crippen LogP contribution in [0.2, 0.25) is 0 Å². The normalized spacial score (nSPS) is 42.6. The highest BCUT2D eigenvalue weighted by Gasteiger charge is 2.54. The third-order valence-corrected chi connectivity index (χ3v) is 7.14. The minimum absolute atomic E-state index is 0.264. The molecular weight excluding hydrogens is 254 g/mol. The van der Waals surface area contributed by atoms with Gasteiger partial charge in [-0.3, -0.25) is 0 Å². The summed E-state index contributed by atoms with van der Waals surface area (Å²) in [6.45, 7) is 2.28. The second-order valence-electron chi connectivity index (χ2n) is 7.18. The van der Waals surface area contributed by atoms with Crippen molar-refractivity contribution in [2.75, 3.05) is 24.7 Å². The second-order valence-corrected chi connectivity index (χ2v) is 8.40. The molecule has 0 aromatic heterocycles. The average molecular weight is 281 g/mol. The molecule has 3 saturated heterocycles. The van der Waals surface area contributed by atoms with Crippen LogP contribution in [0.1, 0.15) is 51.4 Å². The molecule has 1 saturated carbocycles. The lowest BCUT2D eigenvalue weighted by molar-refractivity contribution is -0.117. The molecule has 0 bridgehead atoms. The van der Waals surface area contributed by atoms with Crippen molar-refractivity contribution in [3.05, 3.63) is 0 Å². The third-order valence-electron chi connectivity index (χ3n) is 6.15. The fourth-order valence-corrected chi connectivity index (χ4v) is 6.22. The minimum atomic E-state index is 0.264. The van der Waals surface area contributed by atoms with Crippen LogP contribution >= 0.6 is 11.8 Å². The van der Waals surface area contributed by atoms with Gasteiger partial charge in [0.25, 0.3) is 0 Å². The summed E-state index contributed by atoms with van der Waals surface area (Å²) in [6.07, 6.45) is 11.0. The van der Waals surface area contributed by atoms with Gasteiger partial charge in [0.15, 0.2) is 0 Å². The zero-order chi connectivity index (χ0) is 12.8. The first kappa shape index (κ1) is 13.0. The Morgan fingerprint density at radius 1 is 1.00 bits per heavy atom. The summed E-state index contributed by atoms with van der Waals surface area (Å²) >= 11 is 2.12. The van der Waals surface area contributed by atoms with E-state index in [4.69, 9.17) is 4.74 Å². The Morgan fingerprint density at radius 2 is 1.84 bits per heavy atom. The van der Waals surface area contributed by atoms with E-state index in [1.165, 1.54) is 69.4 Å². The molecule has 1 spiro atoms. The number of hydrogen-bond acceptors (Lipinski definition) is 3. The quantitative estimate of drug-likeness (QED) is 0.840. The van der Waals surface area contributed by atoms with Gasteiger partial charge in [0.2, 0.25) is 0 Å². The maximum absolute atomic E-state index is 6.30. The molecule has 4 aliphatic rings. The Labute approximate surface area is 121 Å². The first-order valence-corrected chi connectivity index (χ1v) is 9.45. The Bertz CT molecular complexity index is 324. The standard InChI is InChI=1S/C16H27NOS/c1-5-16(17-8-1,13-2-3-13)14-4-9-18-15(12-14)6-10-19-11-7-15/h13-14,17H,1-12H2. The number of nitrogens with one attached hydrogen (secondary N) is 1. The van der Waals surface area contributed by atoms with Crippen LogP contribution in [0.4, 0.5) is 0 Å². The number of thioether (sulfide) groups is 1. The van der Waals surface area contributed by atoms with Crippen molar-refractivity contribution in [3.63, 3.8) is 0 Å². The highest BCUT2D eigenvalue weighted by Crippen LogP contribution is 2.53. The first-order valence-electron chi connectivity index (χ1n) is 8.30. The van der Waals surface area contributed by atoms with Gasteiger partial charge in [0, 0.05) is 12.1 Å². The summed E-state index contributed by atoms with van der Waals surface area (Å²) in [5, 5.41) is 3.96. The highest BCUT2D eigenvalue weighted by molar-refractivity contribution is 7.99. The predicted molar refractivity (Wildman–Crippen MR) is 80.7 cm³/mol. The van der Waals surface area contributed by atoms with Gasteiger partial charge in [-0.05, 0) is 81.3 Å². The van der Waals surface area contributed by atoms with Crippen LogP contribution in [0, 0.1) is 11.8 Å². The smallest absolute Gasteiger partial charge is 0.0701 e. The van der Waals surface area contributed by atoms with Gasteiger partial charge in [0.1, 0.15) is 0 Å². The molecule has 0 radical (unpaired) electrons. The van der Waals surface area contributed by atoms with Crippen LogP contribution in [0.25, 0.3) is 0 Å². The molecule has 3 heterocycles. The van der Waals surface area contributed by atoms with E-state index < -0.39 is 0 Å². The molecule has 1 aliphatic carbocycles. The largest absolute Gasteiger partial charge is 0.375 e. The van der Waals surface area contributed by atoms with Crippen molar-refractivity contribution >= 4 is 11.8 Å². The zero-order valence-corrected chi connectivity index (χ0v) is 12.8. The lowest BCUT2D eigenvalue weighted by Gasteiger charge is -2.49. The number of hydrogen-bond donors (Lipinski definition) is 1. The average Bonchev–Trinajstić information content (AvgIpc) is 3.18. The van der Waals surface area contributed by atoms with Crippen LogP contribution in [0.3, 0.4) is 0 Å². The zero-order valence-electron chi connectivity index (χ0n) is 12.0. The van der Waals surface area contributed by atoms with Crippen LogP contribution in [0.15, 0.2) is 0 Å². The van der Waals surface area contributed by atoms with Crippen molar-refractivity contribution in [3.8, 4) is 0 Å². The van der Waals surface area contributed by atoms with E-state index in [2.05, 4.69) is 17.1 Å². The summed E-state index contributed by atoms with van der Waals surface area (Å²) < 4.78 is 6.30. The fourth-order valence-electron chi connectivity index (χ4n) is 4.98.